The van der Waals surface area contributed by atoms with Gasteiger partial charge in [-0.15, -0.1) is 24.8 Å². The number of nitrogens with one attached hydrogen (secondary N) is 1. The number of halogens is 6. The molecular formula is C16H24BrCl2F3N2. The first-order chi connectivity index (χ1) is 10.3. The van der Waals surface area contributed by atoms with Crippen LogP contribution in [0.25, 0.3) is 0 Å². The molecule has 1 fully saturated rings. The molecule has 1 aromatic carbocycles. The highest BCUT2D eigenvalue weighted by molar-refractivity contribution is 9.10. The van der Waals surface area contributed by atoms with E-state index >= 15 is 0 Å². The van der Waals surface area contributed by atoms with Gasteiger partial charge in [0, 0.05) is 36.7 Å². The summed E-state index contributed by atoms with van der Waals surface area (Å²) < 4.78 is 39.8. The minimum Gasteiger partial charge on any atom is -0.314 e. The van der Waals surface area contributed by atoms with E-state index in [1.807, 2.05) is 6.07 Å². The van der Waals surface area contributed by atoms with Crippen LogP contribution in [-0.2, 0) is 6.18 Å². The fraction of sp³-hybridized carbons (Fsp3) is 0.625. The third-order valence-corrected chi connectivity index (χ3v) is 4.77. The number of piperazine rings is 1. The van der Waals surface area contributed by atoms with Crippen LogP contribution in [0.3, 0.4) is 0 Å². The zero-order valence-corrected chi connectivity index (χ0v) is 16.9. The molecule has 1 saturated heterocycles. The van der Waals surface area contributed by atoms with Crippen molar-refractivity contribution in [1.29, 1.82) is 0 Å². The van der Waals surface area contributed by atoms with Gasteiger partial charge >= 0.3 is 6.18 Å². The largest absolute Gasteiger partial charge is 0.416 e. The molecular weight excluding hydrogens is 428 g/mol. The summed E-state index contributed by atoms with van der Waals surface area (Å²) in [6, 6.07) is 4.30. The summed E-state index contributed by atoms with van der Waals surface area (Å²) in [4.78, 5) is 2.30. The van der Waals surface area contributed by atoms with Crippen LogP contribution < -0.4 is 5.32 Å². The maximum atomic E-state index is 13.1. The van der Waals surface area contributed by atoms with Crippen LogP contribution in [0.15, 0.2) is 22.7 Å². The first-order valence-electron chi connectivity index (χ1n) is 7.65. The molecule has 0 aromatic heterocycles. The van der Waals surface area contributed by atoms with E-state index in [0.717, 1.165) is 44.2 Å². The number of alkyl halides is 3. The number of benzene rings is 1. The lowest BCUT2D eigenvalue weighted by atomic mass is 9.89. The minimum absolute atomic E-state index is 0. The smallest absolute Gasteiger partial charge is 0.314 e. The van der Waals surface area contributed by atoms with Crippen LogP contribution in [0, 0.1) is 5.92 Å². The molecule has 0 bridgehead atoms. The number of hydrogen-bond acceptors (Lipinski definition) is 2. The molecule has 1 heterocycles. The molecule has 2 atom stereocenters. The molecule has 2 nitrogen and oxygen atoms in total. The van der Waals surface area contributed by atoms with Crippen molar-refractivity contribution in [2.24, 2.45) is 5.92 Å². The molecule has 0 saturated carbocycles. The Kier molecular flexibility index (Phi) is 10.2. The Morgan fingerprint density at radius 1 is 1.17 bits per heavy atom. The summed E-state index contributed by atoms with van der Waals surface area (Å²) >= 11 is 3.24. The van der Waals surface area contributed by atoms with Gasteiger partial charge in [0.05, 0.1) is 5.56 Å². The number of nitrogens with zero attached hydrogens (tertiary/aromatic N) is 1. The molecule has 1 aliphatic heterocycles. The summed E-state index contributed by atoms with van der Waals surface area (Å²) in [5.74, 6) is 0.300. The molecule has 0 spiro atoms. The molecule has 140 valence electrons. The van der Waals surface area contributed by atoms with Gasteiger partial charge in [0.1, 0.15) is 0 Å². The standard InChI is InChI=1S/C16H22BrF3N2.2ClH/c1-3-11(2)15(22-6-4-21-5-7-22)12-8-13(16(18,19)20)10-14(17)9-12;;/h8-11,15,21H,3-7H2,1-2H3;2*1H/t11?,15-;;/m1../s1. The lowest BCUT2D eigenvalue weighted by molar-refractivity contribution is -0.137. The predicted molar refractivity (Wildman–Crippen MR) is 100 cm³/mol. The zero-order valence-electron chi connectivity index (χ0n) is 13.7. The van der Waals surface area contributed by atoms with E-state index in [9.17, 15) is 13.2 Å². The number of hydrogen-bond donors (Lipinski definition) is 1. The molecule has 0 radical (unpaired) electrons. The molecule has 0 amide bonds. The predicted octanol–water partition coefficient (Wildman–Crippen LogP) is 5.30. The van der Waals surface area contributed by atoms with E-state index in [4.69, 9.17) is 0 Å². The van der Waals surface area contributed by atoms with Crippen LogP contribution >= 0.6 is 40.7 Å². The zero-order chi connectivity index (χ0) is 16.3. The van der Waals surface area contributed by atoms with Crippen LogP contribution in [0.4, 0.5) is 13.2 Å². The van der Waals surface area contributed by atoms with Gasteiger partial charge in [0.25, 0.3) is 0 Å². The van der Waals surface area contributed by atoms with E-state index in [-0.39, 0.29) is 30.9 Å². The molecule has 24 heavy (non-hydrogen) atoms. The second-order valence-corrected chi connectivity index (χ2v) is 6.80. The van der Waals surface area contributed by atoms with Crippen LogP contribution in [0.1, 0.15) is 37.4 Å². The molecule has 2 rings (SSSR count). The summed E-state index contributed by atoms with van der Waals surface area (Å²) in [6.07, 6.45) is -3.38. The molecule has 1 unspecified atom stereocenters. The van der Waals surface area contributed by atoms with Gasteiger partial charge in [-0.2, -0.15) is 13.2 Å². The van der Waals surface area contributed by atoms with Gasteiger partial charge in [-0.1, -0.05) is 36.2 Å². The Bertz CT molecular complexity index is 509. The second-order valence-electron chi connectivity index (χ2n) is 5.89. The fourth-order valence-electron chi connectivity index (χ4n) is 3.03. The average Bonchev–Trinajstić information content (AvgIpc) is 2.47. The van der Waals surface area contributed by atoms with E-state index in [1.54, 1.807) is 0 Å². The van der Waals surface area contributed by atoms with Crippen molar-refractivity contribution in [3.63, 3.8) is 0 Å². The highest BCUT2D eigenvalue weighted by Gasteiger charge is 2.33. The van der Waals surface area contributed by atoms with E-state index in [2.05, 4.69) is 40.0 Å². The summed E-state index contributed by atoms with van der Waals surface area (Å²) in [6.45, 7) is 7.69. The Morgan fingerprint density at radius 3 is 2.25 bits per heavy atom. The third-order valence-electron chi connectivity index (χ3n) is 4.32. The summed E-state index contributed by atoms with van der Waals surface area (Å²) in [5.41, 5.74) is 0.165. The van der Waals surface area contributed by atoms with Crippen molar-refractivity contribution in [3.8, 4) is 0 Å². The SMILES string of the molecule is CCC(C)[C@H](c1cc(Br)cc(C(F)(F)F)c1)N1CCNCC1.Cl.Cl. The Hall–Kier alpha value is -0.0100. The van der Waals surface area contributed by atoms with Crippen molar-refractivity contribution in [2.75, 3.05) is 26.2 Å². The van der Waals surface area contributed by atoms with Gasteiger partial charge in [0.15, 0.2) is 0 Å². The third kappa shape index (κ3) is 6.06. The quantitative estimate of drug-likeness (QED) is 0.667. The van der Waals surface area contributed by atoms with Gasteiger partial charge in [0.2, 0.25) is 0 Å². The van der Waals surface area contributed by atoms with Crippen LogP contribution in [0.5, 0.6) is 0 Å². The van der Waals surface area contributed by atoms with Gasteiger partial charge in [-0.3, -0.25) is 4.90 Å². The molecule has 8 heteroatoms. The van der Waals surface area contributed by atoms with Crippen LogP contribution in [-0.4, -0.2) is 31.1 Å². The van der Waals surface area contributed by atoms with Crippen molar-refractivity contribution < 1.29 is 13.2 Å². The van der Waals surface area contributed by atoms with Gasteiger partial charge < -0.3 is 5.32 Å². The Labute approximate surface area is 162 Å². The highest BCUT2D eigenvalue weighted by atomic mass is 79.9. The maximum Gasteiger partial charge on any atom is 0.416 e. The normalized spacial score (nSPS) is 18.2. The molecule has 1 aromatic rings. The lowest BCUT2D eigenvalue weighted by Gasteiger charge is -2.38. The minimum atomic E-state index is -4.32. The van der Waals surface area contributed by atoms with E-state index in [0.29, 0.717) is 10.4 Å². The van der Waals surface area contributed by atoms with E-state index < -0.39 is 11.7 Å². The topological polar surface area (TPSA) is 15.3 Å². The summed E-state index contributed by atoms with van der Waals surface area (Å²) in [5, 5.41) is 3.29. The van der Waals surface area contributed by atoms with E-state index in [1.165, 1.54) is 6.07 Å². The second kappa shape index (κ2) is 10.2. The monoisotopic (exact) mass is 450 g/mol. The molecule has 1 aliphatic rings. The summed E-state index contributed by atoms with van der Waals surface area (Å²) in [7, 11) is 0. The molecule has 1 N–H and O–H groups in total. The van der Waals surface area contributed by atoms with Crippen molar-refractivity contribution >= 4 is 40.7 Å². The van der Waals surface area contributed by atoms with Crippen molar-refractivity contribution in [1.82, 2.24) is 10.2 Å². The molecule has 0 aliphatic carbocycles. The van der Waals surface area contributed by atoms with Gasteiger partial charge in [-0.05, 0) is 29.7 Å². The first kappa shape index (κ1) is 24.0. The van der Waals surface area contributed by atoms with Gasteiger partial charge in [-0.25, -0.2) is 0 Å². The Morgan fingerprint density at radius 2 is 1.75 bits per heavy atom. The van der Waals surface area contributed by atoms with Crippen molar-refractivity contribution in [3.05, 3.63) is 33.8 Å². The lowest BCUT2D eigenvalue weighted by Crippen LogP contribution is -2.46. The van der Waals surface area contributed by atoms with Crippen LogP contribution in [0.2, 0.25) is 0 Å². The highest BCUT2D eigenvalue weighted by Crippen LogP contribution is 2.37. The fourth-order valence-corrected chi connectivity index (χ4v) is 3.54. The first-order valence-corrected chi connectivity index (χ1v) is 8.44. The number of rotatable bonds is 4. The average molecular weight is 452 g/mol. The van der Waals surface area contributed by atoms with Crippen molar-refractivity contribution in [2.45, 2.75) is 32.5 Å². The Balaban J connectivity index is 0.00000264. The maximum absolute atomic E-state index is 13.1.